The van der Waals surface area contributed by atoms with E-state index in [0.29, 0.717) is 23.9 Å². The van der Waals surface area contributed by atoms with Crippen LogP contribution in [-0.4, -0.2) is 33.7 Å². The van der Waals surface area contributed by atoms with Gasteiger partial charge in [-0.2, -0.15) is 5.10 Å². The zero-order valence-corrected chi connectivity index (χ0v) is 17.0. The summed E-state index contributed by atoms with van der Waals surface area (Å²) < 4.78 is 7.40. The molecular weight excluding hydrogens is 388 g/mol. The molecule has 3 heterocycles. The van der Waals surface area contributed by atoms with Gasteiger partial charge in [0.2, 0.25) is 5.91 Å². The highest BCUT2D eigenvalue weighted by Gasteiger charge is 2.26. The summed E-state index contributed by atoms with van der Waals surface area (Å²) in [7, 11) is 0. The third-order valence-electron chi connectivity index (χ3n) is 5.34. The first-order chi connectivity index (χ1) is 14.2. The first kappa shape index (κ1) is 19.7. The van der Waals surface area contributed by atoms with E-state index in [1.165, 1.54) is 6.42 Å². The van der Waals surface area contributed by atoms with E-state index in [0.717, 1.165) is 37.1 Å². The van der Waals surface area contributed by atoms with Gasteiger partial charge in [0.1, 0.15) is 11.6 Å². The van der Waals surface area contributed by atoms with Gasteiger partial charge in [0, 0.05) is 11.1 Å². The Balaban J connectivity index is 1.43. The molecule has 7 heteroatoms. The Morgan fingerprint density at radius 3 is 2.90 bits per heavy atom. The molecule has 1 unspecified atom stereocenters. The number of nitrogens with one attached hydrogen (secondary N) is 1. The first-order valence-corrected chi connectivity index (χ1v) is 10.4. The number of hydrogen-bond donors (Lipinski definition) is 1. The number of halogens is 1. The fraction of sp³-hybridized carbons (Fsp3) is 0.364. The number of amides is 1. The molecule has 152 valence electrons. The van der Waals surface area contributed by atoms with E-state index in [9.17, 15) is 4.79 Å². The lowest BCUT2D eigenvalue weighted by atomic mass is 10.1. The van der Waals surface area contributed by atoms with Gasteiger partial charge in [-0.3, -0.25) is 9.69 Å². The molecule has 1 fully saturated rings. The van der Waals surface area contributed by atoms with Gasteiger partial charge in [-0.05, 0) is 43.1 Å². The summed E-state index contributed by atoms with van der Waals surface area (Å²) >= 11 is 6.26. The Labute approximate surface area is 175 Å². The van der Waals surface area contributed by atoms with Crippen LogP contribution in [0.15, 0.2) is 59.3 Å². The third kappa shape index (κ3) is 4.89. The Morgan fingerprint density at radius 1 is 1.17 bits per heavy atom. The van der Waals surface area contributed by atoms with E-state index in [-0.39, 0.29) is 11.9 Å². The number of rotatable bonds is 6. The van der Waals surface area contributed by atoms with E-state index < -0.39 is 0 Å². The van der Waals surface area contributed by atoms with Gasteiger partial charge in [0.15, 0.2) is 0 Å². The Hall–Kier alpha value is -2.57. The van der Waals surface area contributed by atoms with E-state index in [4.69, 9.17) is 16.0 Å². The highest BCUT2D eigenvalue weighted by Crippen LogP contribution is 2.30. The summed E-state index contributed by atoms with van der Waals surface area (Å²) in [4.78, 5) is 15.0. The van der Waals surface area contributed by atoms with Crippen molar-refractivity contribution in [2.24, 2.45) is 0 Å². The molecule has 29 heavy (non-hydrogen) atoms. The fourth-order valence-corrected chi connectivity index (χ4v) is 4.08. The molecule has 1 saturated heterocycles. The summed E-state index contributed by atoms with van der Waals surface area (Å²) in [5.74, 6) is 1.55. The maximum Gasteiger partial charge on any atom is 0.239 e. The third-order valence-corrected chi connectivity index (χ3v) is 5.71. The topological polar surface area (TPSA) is 63.3 Å². The molecule has 0 radical (unpaired) electrons. The van der Waals surface area contributed by atoms with Crippen molar-refractivity contribution < 1.29 is 9.21 Å². The molecule has 1 aliphatic heterocycles. The van der Waals surface area contributed by atoms with Crippen LogP contribution < -0.4 is 5.32 Å². The number of hydrogen-bond acceptors (Lipinski definition) is 4. The molecule has 0 saturated carbocycles. The van der Waals surface area contributed by atoms with Crippen molar-refractivity contribution in [3.8, 4) is 0 Å². The van der Waals surface area contributed by atoms with E-state index in [1.54, 1.807) is 23.2 Å². The predicted octanol–water partition coefficient (Wildman–Crippen LogP) is 4.73. The minimum atomic E-state index is -0.0515. The normalized spacial score (nSPS) is 17.8. The van der Waals surface area contributed by atoms with E-state index in [2.05, 4.69) is 15.3 Å². The number of benzene rings is 1. The number of aromatic nitrogens is 2. The van der Waals surface area contributed by atoms with Crippen LogP contribution in [0.2, 0.25) is 5.02 Å². The van der Waals surface area contributed by atoms with Gasteiger partial charge in [0.25, 0.3) is 0 Å². The molecule has 6 nitrogen and oxygen atoms in total. The molecule has 1 aliphatic rings. The molecular formula is C22H25ClN4O2. The van der Waals surface area contributed by atoms with Gasteiger partial charge in [0.05, 0.1) is 31.6 Å². The van der Waals surface area contributed by atoms with Crippen LogP contribution in [0.25, 0.3) is 0 Å². The van der Waals surface area contributed by atoms with Crippen LogP contribution in [0, 0.1) is 0 Å². The van der Waals surface area contributed by atoms with Crippen molar-refractivity contribution >= 4 is 23.3 Å². The SMILES string of the molecule is O=C(CN1CCCCCC1c1ccco1)Nc1ccnn1Cc1ccccc1Cl. The zero-order chi connectivity index (χ0) is 20.1. The van der Waals surface area contributed by atoms with Crippen molar-refractivity contribution in [2.45, 2.75) is 38.3 Å². The second-order valence-corrected chi connectivity index (χ2v) is 7.77. The van der Waals surface area contributed by atoms with Gasteiger partial charge >= 0.3 is 0 Å². The highest BCUT2D eigenvalue weighted by molar-refractivity contribution is 6.31. The molecule has 0 bridgehead atoms. The van der Waals surface area contributed by atoms with Gasteiger partial charge in [-0.1, -0.05) is 42.6 Å². The monoisotopic (exact) mass is 412 g/mol. The van der Waals surface area contributed by atoms with Gasteiger partial charge in [-0.25, -0.2) is 4.68 Å². The summed E-state index contributed by atoms with van der Waals surface area (Å²) in [6.07, 6.45) is 7.81. The Morgan fingerprint density at radius 2 is 2.07 bits per heavy atom. The van der Waals surface area contributed by atoms with Crippen LogP contribution >= 0.6 is 11.6 Å². The van der Waals surface area contributed by atoms with Crippen LogP contribution in [0.3, 0.4) is 0 Å². The van der Waals surface area contributed by atoms with Gasteiger partial charge in [-0.15, -0.1) is 0 Å². The number of nitrogens with zero attached hydrogens (tertiary/aromatic N) is 3. The molecule has 0 aliphatic carbocycles. The van der Waals surface area contributed by atoms with E-state index >= 15 is 0 Å². The smallest absolute Gasteiger partial charge is 0.239 e. The van der Waals surface area contributed by atoms with Crippen LogP contribution in [0.5, 0.6) is 0 Å². The first-order valence-electron chi connectivity index (χ1n) is 10.0. The summed E-state index contributed by atoms with van der Waals surface area (Å²) in [5.41, 5.74) is 0.957. The number of carbonyl (C=O) groups is 1. The molecule has 1 N–H and O–H groups in total. The minimum Gasteiger partial charge on any atom is -0.468 e. The lowest BCUT2D eigenvalue weighted by Gasteiger charge is -2.27. The second kappa shape index (κ2) is 9.29. The molecule has 0 spiro atoms. The summed E-state index contributed by atoms with van der Waals surface area (Å²) in [5, 5.41) is 8.03. The second-order valence-electron chi connectivity index (χ2n) is 7.36. The largest absolute Gasteiger partial charge is 0.468 e. The lowest BCUT2D eigenvalue weighted by molar-refractivity contribution is -0.118. The number of likely N-dealkylation sites (tertiary alicyclic amines) is 1. The number of carbonyl (C=O) groups excluding carboxylic acids is 1. The molecule has 1 amide bonds. The minimum absolute atomic E-state index is 0.0515. The maximum absolute atomic E-state index is 12.8. The quantitative estimate of drug-likeness (QED) is 0.635. The number of furan rings is 1. The molecule has 4 rings (SSSR count). The van der Waals surface area contributed by atoms with Crippen molar-refractivity contribution in [1.29, 1.82) is 0 Å². The van der Waals surface area contributed by atoms with Crippen molar-refractivity contribution in [3.05, 3.63) is 71.3 Å². The van der Waals surface area contributed by atoms with Crippen LogP contribution in [0.4, 0.5) is 5.82 Å². The molecule has 2 aromatic heterocycles. The molecule has 1 atom stereocenters. The Kier molecular flexibility index (Phi) is 6.32. The highest BCUT2D eigenvalue weighted by atomic mass is 35.5. The van der Waals surface area contributed by atoms with E-state index in [1.807, 2.05) is 36.4 Å². The summed E-state index contributed by atoms with van der Waals surface area (Å²) in [6.45, 7) is 1.71. The average Bonchev–Trinajstić information content (AvgIpc) is 3.33. The molecule has 3 aromatic rings. The van der Waals surface area contributed by atoms with Crippen LogP contribution in [0.1, 0.15) is 43.0 Å². The van der Waals surface area contributed by atoms with Crippen molar-refractivity contribution in [1.82, 2.24) is 14.7 Å². The lowest BCUT2D eigenvalue weighted by Crippen LogP contribution is -2.36. The Bertz CT molecular complexity index is 938. The predicted molar refractivity (Wildman–Crippen MR) is 113 cm³/mol. The van der Waals surface area contributed by atoms with Gasteiger partial charge < -0.3 is 9.73 Å². The number of anilines is 1. The summed E-state index contributed by atoms with van der Waals surface area (Å²) in [6, 6.07) is 13.5. The zero-order valence-electron chi connectivity index (χ0n) is 16.3. The van der Waals surface area contributed by atoms with Crippen LogP contribution in [-0.2, 0) is 11.3 Å². The maximum atomic E-state index is 12.8. The molecule has 1 aromatic carbocycles. The van der Waals surface area contributed by atoms with Crippen molar-refractivity contribution in [3.63, 3.8) is 0 Å². The van der Waals surface area contributed by atoms with Crippen molar-refractivity contribution in [2.75, 3.05) is 18.4 Å². The fourth-order valence-electron chi connectivity index (χ4n) is 3.88. The average molecular weight is 413 g/mol. The standard InChI is InChI=1S/C22H25ClN4O2/c23-18-8-4-3-7-17(18)15-27-21(11-12-24-27)25-22(28)16-26-13-5-1-2-9-19(26)20-10-6-14-29-20/h3-4,6-8,10-12,14,19H,1-2,5,9,13,15-16H2,(H,25,28).